The Morgan fingerprint density at radius 3 is 2.68 bits per heavy atom. The highest BCUT2D eigenvalue weighted by atomic mass is 32.2. The van der Waals surface area contributed by atoms with Gasteiger partial charge in [0.05, 0.1) is 6.54 Å². The fraction of sp³-hybridized carbons (Fsp3) is 0.500. The molecule has 0 atom stereocenters. The summed E-state index contributed by atoms with van der Waals surface area (Å²) in [4.78, 5) is 7.96. The summed E-state index contributed by atoms with van der Waals surface area (Å²) in [6.45, 7) is 4.96. The lowest BCUT2D eigenvalue weighted by atomic mass is 10.2. The molecule has 0 bridgehead atoms. The van der Waals surface area contributed by atoms with Crippen molar-refractivity contribution in [3.63, 3.8) is 0 Å². The van der Waals surface area contributed by atoms with Crippen molar-refractivity contribution in [1.82, 2.24) is 4.90 Å². The second kappa shape index (κ2) is 7.70. The molecule has 0 amide bonds. The van der Waals surface area contributed by atoms with E-state index >= 15 is 0 Å². The Bertz CT molecular complexity index is 411. The summed E-state index contributed by atoms with van der Waals surface area (Å²) in [6, 6.07) is 8.61. The first-order chi connectivity index (χ1) is 9.25. The van der Waals surface area contributed by atoms with Crippen molar-refractivity contribution in [1.29, 1.82) is 0 Å². The van der Waals surface area contributed by atoms with E-state index < -0.39 is 0 Å². The van der Waals surface area contributed by atoms with E-state index in [1.54, 1.807) is 0 Å². The maximum Gasteiger partial charge on any atom is 0.191 e. The monoisotopic (exact) mass is 295 g/mol. The van der Waals surface area contributed by atoms with E-state index in [-0.39, 0.29) is 0 Å². The van der Waals surface area contributed by atoms with E-state index in [4.69, 9.17) is 5.73 Å². The lowest BCUT2D eigenvalue weighted by molar-refractivity contribution is 0.456. The van der Waals surface area contributed by atoms with Crippen LogP contribution in [0.2, 0.25) is 0 Å². The van der Waals surface area contributed by atoms with Crippen LogP contribution >= 0.6 is 23.5 Å². The molecule has 1 aromatic carbocycles. The van der Waals surface area contributed by atoms with Gasteiger partial charge in [-0.2, -0.15) is 11.8 Å². The first kappa shape index (κ1) is 14.6. The van der Waals surface area contributed by atoms with Gasteiger partial charge in [-0.15, -0.1) is 11.8 Å². The van der Waals surface area contributed by atoms with Gasteiger partial charge in [0.1, 0.15) is 0 Å². The predicted octanol–water partition coefficient (Wildman–Crippen LogP) is 2.45. The van der Waals surface area contributed by atoms with Crippen LogP contribution in [0, 0.1) is 6.92 Å². The maximum atomic E-state index is 6.01. The Morgan fingerprint density at radius 2 is 2.00 bits per heavy atom. The molecule has 0 saturated carbocycles. The highest BCUT2D eigenvalue weighted by Crippen LogP contribution is 2.17. The summed E-state index contributed by atoms with van der Waals surface area (Å²) in [5.74, 6) is 4.01. The second-order valence-corrected chi connectivity index (χ2v) is 6.89. The highest BCUT2D eigenvalue weighted by molar-refractivity contribution is 7.99. The normalized spacial score (nSPS) is 16.7. The van der Waals surface area contributed by atoms with Crippen LogP contribution < -0.4 is 5.73 Å². The second-order valence-electron chi connectivity index (χ2n) is 4.50. The van der Waals surface area contributed by atoms with Crippen molar-refractivity contribution in [3.8, 4) is 0 Å². The van der Waals surface area contributed by atoms with Crippen LogP contribution in [-0.2, 0) is 0 Å². The molecule has 1 fully saturated rings. The number of hydrogen-bond donors (Lipinski definition) is 1. The van der Waals surface area contributed by atoms with Gasteiger partial charge in [0.2, 0.25) is 0 Å². The Balaban J connectivity index is 1.71. The molecule has 5 heteroatoms. The number of nitrogens with zero attached hydrogens (tertiary/aromatic N) is 2. The number of nitrogens with two attached hydrogens (primary N) is 1. The topological polar surface area (TPSA) is 41.6 Å². The molecule has 2 rings (SSSR count). The number of guanidine groups is 1. The molecule has 1 saturated heterocycles. The Kier molecular flexibility index (Phi) is 5.92. The first-order valence-electron chi connectivity index (χ1n) is 6.58. The van der Waals surface area contributed by atoms with Crippen molar-refractivity contribution < 1.29 is 0 Å². The van der Waals surface area contributed by atoms with E-state index in [1.165, 1.54) is 10.5 Å². The van der Waals surface area contributed by atoms with Gasteiger partial charge >= 0.3 is 0 Å². The molecular formula is C14H21N3S2. The van der Waals surface area contributed by atoms with Crippen LogP contribution in [0.25, 0.3) is 0 Å². The van der Waals surface area contributed by atoms with Gasteiger partial charge in [0, 0.05) is 35.2 Å². The number of thioether (sulfide) groups is 2. The summed E-state index contributed by atoms with van der Waals surface area (Å²) >= 11 is 3.82. The summed E-state index contributed by atoms with van der Waals surface area (Å²) < 4.78 is 0. The average Bonchev–Trinajstić information content (AvgIpc) is 2.46. The molecule has 0 unspecified atom stereocenters. The Labute approximate surface area is 124 Å². The van der Waals surface area contributed by atoms with Gasteiger partial charge in [-0.3, -0.25) is 4.99 Å². The van der Waals surface area contributed by atoms with Gasteiger partial charge in [-0.1, -0.05) is 17.7 Å². The standard InChI is InChI=1S/C14H21N3S2/c1-12-2-4-13(5-3-12)19-9-6-16-14(15)17-7-10-18-11-8-17/h2-5H,6-11H2,1H3,(H2,15,16). The maximum absolute atomic E-state index is 6.01. The molecule has 1 heterocycles. The van der Waals surface area contributed by atoms with Crippen LogP contribution in [-0.4, -0.2) is 47.8 Å². The average molecular weight is 295 g/mol. The fourth-order valence-corrected chi connectivity index (χ4v) is 3.50. The van der Waals surface area contributed by atoms with E-state index in [1.807, 2.05) is 23.5 Å². The Hall–Kier alpha value is -0.810. The largest absolute Gasteiger partial charge is 0.370 e. The molecular weight excluding hydrogens is 274 g/mol. The lowest BCUT2D eigenvalue weighted by Gasteiger charge is -2.27. The molecule has 1 aliphatic rings. The number of benzene rings is 1. The first-order valence-corrected chi connectivity index (χ1v) is 8.72. The van der Waals surface area contributed by atoms with Crippen molar-refractivity contribution in [3.05, 3.63) is 29.8 Å². The Morgan fingerprint density at radius 1 is 1.32 bits per heavy atom. The van der Waals surface area contributed by atoms with Gasteiger partial charge < -0.3 is 10.6 Å². The minimum Gasteiger partial charge on any atom is -0.370 e. The van der Waals surface area contributed by atoms with Crippen molar-refractivity contribution in [2.75, 3.05) is 36.9 Å². The van der Waals surface area contributed by atoms with Crippen LogP contribution in [0.15, 0.2) is 34.2 Å². The van der Waals surface area contributed by atoms with E-state index in [0.717, 1.165) is 36.9 Å². The molecule has 1 aromatic rings. The minimum atomic E-state index is 0.713. The molecule has 3 nitrogen and oxygen atoms in total. The smallest absolute Gasteiger partial charge is 0.191 e. The third-order valence-corrected chi connectivity index (χ3v) is 4.92. The molecule has 0 spiro atoms. The summed E-state index contributed by atoms with van der Waals surface area (Å²) in [7, 11) is 0. The van der Waals surface area contributed by atoms with Gasteiger partial charge in [0.15, 0.2) is 5.96 Å². The van der Waals surface area contributed by atoms with E-state index in [2.05, 4.69) is 41.1 Å². The van der Waals surface area contributed by atoms with Gasteiger partial charge in [0.25, 0.3) is 0 Å². The zero-order valence-electron chi connectivity index (χ0n) is 11.3. The molecule has 104 valence electrons. The molecule has 0 radical (unpaired) electrons. The van der Waals surface area contributed by atoms with Crippen LogP contribution in [0.3, 0.4) is 0 Å². The van der Waals surface area contributed by atoms with Crippen LogP contribution in [0.1, 0.15) is 5.56 Å². The van der Waals surface area contributed by atoms with Crippen molar-refractivity contribution in [2.45, 2.75) is 11.8 Å². The molecule has 0 aromatic heterocycles. The van der Waals surface area contributed by atoms with E-state index in [9.17, 15) is 0 Å². The van der Waals surface area contributed by atoms with E-state index in [0.29, 0.717) is 5.96 Å². The fourth-order valence-electron chi connectivity index (χ4n) is 1.85. The SMILES string of the molecule is Cc1ccc(SCCN=C(N)N2CCSCC2)cc1. The number of aryl methyl sites for hydroxylation is 1. The molecule has 19 heavy (non-hydrogen) atoms. The van der Waals surface area contributed by atoms with Gasteiger partial charge in [-0.05, 0) is 19.1 Å². The molecule has 2 N–H and O–H groups in total. The number of rotatable bonds is 4. The van der Waals surface area contributed by atoms with Gasteiger partial charge in [-0.25, -0.2) is 0 Å². The zero-order valence-corrected chi connectivity index (χ0v) is 13.0. The summed E-state index contributed by atoms with van der Waals surface area (Å²) in [6.07, 6.45) is 0. The van der Waals surface area contributed by atoms with Crippen molar-refractivity contribution >= 4 is 29.5 Å². The third-order valence-electron chi connectivity index (χ3n) is 2.99. The highest BCUT2D eigenvalue weighted by Gasteiger charge is 2.11. The summed E-state index contributed by atoms with van der Waals surface area (Å²) in [5, 5.41) is 0. The quantitative estimate of drug-likeness (QED) is 0.401. The van der Waals surface area contributed by atoms with Crippen LogP contribution in [0.5, 0.6) is 0 Å². The van der Waals surface area contributed by atoms with Crippen LogP contribution in [0.4, 0.5) is 0 Å². The third kappa shape index (κ3) is 4.99. The molecule has 1 aliphatic heterocycles. The van der Waals surface area contributed by atoms with Crippen molar-refractivity contribution in [2.24, 2.45) is 10.7 Å². The number of aliphatic imine (C=N–C) groups is 1. The lowest BCUT2D eigenvalue weighted by Crippen LogP contribution is -2.42. The zero-order chi connectivity index (χ0) is 13.5. The molecule has 0 aliphatic carbocycles. The minimum absolute atomic E-state index is 0.713. The number of hydrogen-bond acceptors (Lipinski definition) is 3. The predicted molar refractivity (Wildman–Crippen MR) is 87.3 cm³/mol. The summed E-state index contributed by atoms with van der Waals surface area (Å²) in [5.41, 5.74) is 7.31.